The average Bonchev–Trinajstić information content (AvgIpc) is 2.72. The molecule has 21 heavy (non-hydrogen) atoms. The number of aliphatic imine (C=N–C) groups is 1. The number of hydrogen-bond donors (Lipinski definition) is 1. The van der Waals surface area contributed by atoms with Gasteiger partial charge in [0, 0.05) is 11.5 Å². The van der Waals surface area contributed by atoms with Gasteiger partial charge >= 0.3 is 0 Å². The summed E-state index contributed by atoms with van der Waals surface area (Å²) in [4.78, 5) is 4.97. The summed E-state index contributed by atoms with van der Waals surface area (Å²) in [5, 5.41) is 3.43. The van der Waals surface area contributed by atoms with Gasteiger partial charge in [0.25, 0.3) is 0 Å². The van der Waals surface area contributed by atoms with Gasteiger partial charge in [0.1, 0.15) is 11.4 Å². The Morgan fingerprint density at radius 2 is 1.62 bits per heavy atom. The van der Waals surface area contributed by atoms with Gasteiger partial charge in [-0.2, -0.15) is 0 Å². The van der Waals surface area contributed by atoms with Crippen LogP contribution in [0.5, 0.6) is 11.5 Å². The second-order valence-electron chi connectivity index (χ2n) is 5.59. The fourth-order valence-corrected chi connectivity index (χ4v) is 3.12. The maximum absolute atomic E-state index is 6.09. The molecule has 2 heterocycles. The summed E-state index contributed by atoms with van der Waals surface area (Å²) in [6, 6.07) is 16.3. The van der Waals surface area contributed by atoms with E-state index in [2.05, 4.69) is 17.4 Å². The maximum atomic E-state index is 6.09. The largest absolute Gasteiger partial charge is 0.454 e. The summed E-state index contributed by atoms with van der Waals surface area (Å²) in [6.45, 7) is 2.13. The van der Waals surface area contributed by atoms with E-state index in [0.717, 1.165) is 48.7 Å². The molecule has 0 bridgehead atoms. The van der Waals surface area contributed by atoms with E-state index in [4.69, 9.17) is 9.73 Å². The highest BCUT2D eigenvalue weighted by molar-refractivity contribution is 6.06. The van der Waals surface area contributed by atoms with Gasteiger partial charge in [-0.3, -0.25) is 0 Å². The van der Waals surface area contributed by atoms with Gasteiger partial charge in [-0.05, 0) is 50.2 Å². The number of fused-ring (bicyclic) bond motifs is 2. The third-order valence-corrected chi connectivity index (χ3v) is 4.21. The van der Waals surface area contributed by atoms with Gasteiger partial charge in [-0.1, -0.05) is 24.3 Å². The molecule has 0 amide bonds. The molecule has 2 aromatic rings. The summed E-state index contributed by atoms with van der Waals surface area (Å²) >= 11 is 0. The Bertz CT molecular complexity index is 687. The minimum atomic E-state index is 0.502. The van der Waals surface area contributed by atoms with Gasteiger partial charge in [0.2, 0.25) is 0 Å². The first-order valence-electron chi connectivity index (χ1n) is 7.57. The second kappa shape index (κ2) is 5.34. The van der Waals surface area contributed by atoms with Gasteiger partial charge in [0.05, 0.1) is 5.71 Å². The van der Waals surface area contributed by atoms with Crippen molar-refractivity contribution in [2.75, 3.05) is 13.1 Å². The van der Waals surface area contributed by atoms with Crippen molar-refractivity contribution in [3.05, 3.63) is 54.1 Å². The average molecular weight is 278 g/mol. The van der Waals surface area contributed by atoms with Crippen LogP contribution in [0.4, 0.5) is 5.69 Å². The van der Waals surface area contributed by atoms with E-state index in [1.807, 2.05) is 36.4 Å². The molecule has 4 rings (SSSR count). The number of ether oxygens (including phenoxy) is 1. The molecule has 1 fully saturated rings. The Balaban J connectivity index is 1.87. The summed E-state index contributed by atoms with van der Waals surface area (Å²) in [6.07, 6.45) is 2.27. The molecule has 3 nitrogen and oxygen atoms in total. The van der Waals surface area contributed by atoms with Gasteiger partial charge in [-0.15, -0.1) is 0 Å². The molecule has 2 aliphatic heterocycles. The molecule has 0 saturated carbocycles. The molecular formula is C18H18N2O. The number of hydrogen-bond acceptors (Lipinski definition) is 3. The van der Waals surface area contributed by atoms with Crippen LogP contribution in [0.3, 0.4) is 0 Å². The summed E-state index contributed by atoms with van der Waals surface area (Å²) in [5.41, 5.74) is 3.25. The smallest absolute Gasteiger partial charge is 0.153 e. The van der Waals surface area contributed by atoms with Crippen molar-refractivity contribution in [2.45, 2.75) is 12.8 Å². The Morgan fingerprint density at radius 1 is 0.905 bits per heavy atom. The van der Waals surface area contributed by atoms with E-state index < -0.39 is 0 Å². The quantitative estimate of drug-likeness (QED) is 0.858. The van der Waals surface area contributed by atoms with Crippen LogP contribution >= 0.6 is 0 Å². The molecule has 3 heteroatoms. The van der Waals surface area contributed by atoms with Crippen molar-refractivity contribution in [1.29, 1.82) is 0 Å². The molecule has 0 spiro atoms. The maximum Gasteiger partial charge on any atom is 0.153 e. The lowest BCUT2D eigenvalue weighted by Gasteiger charge is -2.24. The van der Waals surface area contributed by atoms with E-state index in [-0.39, 0.29) is 0 Å². The number of rotatable bonds is 1. The predicted molar refractivity (Wildman–Crippen MR) is 84.7 cm³/mol. The van der Waals surface area contributed by atoms with Crippen LogP contribution in [0.25, 0.3) is 0 Å². The molecule has 0 unspecified atom stereocenters. The molecule has 2 aromatic carbocycles. The predicted octanol–water partition coefficient (Wildman–Crippen LogP) is 3.91. The van der Waals surface area contributed by atoms with E-state index in [9.17, 15) is 0 Å². The fraction of sp³-hybridized carbons (Fsp3) is 0.278. The Morgan fingerprint density at radius 3 is 2.48 bits per heavy atom. The zero-order valence-electron chi connectivity index (χ0n) is 11.9. The highest BCUT2D eigenvalue weighted by Gasteiger charge is 2.25. The minimum absolute atomic E-state index is 0.502. The van der Waals surface area contributed by atoms with Crippen LogP contribution in [0.1, 0.15) is 18.4 Å². The molecule has 1 N–H and O–H groups in total. The molecule has 2 aliphatic rings. The van der Waals surface area contributed by atoms with Gasteiger partial charge in [-0.25, -0.2) is 4.99 Å². The first-order chi connectivity index (χ1) is 10.4. The third-order valence-electron chi connectivity index (χ3n) is 4.21. The molecule has 0 aromatic heterocycles. The Kier molecular flexibility index (Phi) is 3.20. The number of benzene rings is 2. The number of piperidine rings is 1. The second-order valence-corrected chi connectivity index (χ2v) is 5.59. The van der Waals surface area contributed by atoms with Crippen molar-refractivity contribution in [2.24, 2.45) is 10.9 Å². The lowest BCUT2D eigenvalue weighted by molar-refractivity contribution is 0.455. The lowest BCUT2D eigenvalue weighted by Crippen LogP contribution is -2.32. The van der Waals surface area contributed by atoms with Crippen molar-refractivity contribution in [1.82, 2.24) is 5.32 Å². The lowest BCUT2D eigenvalue weighted by atomic mass is 9.88. The van der Waals surface area contributed by atoms with E-state index in [1.165, 1.54) is 5.71 Å². The fourth-order valence-electron chi connectivity index (χ4n) is 3.12. The van der Waals surface area contributed by atoms with Crippen molar-refractivity contribution in [3.8, 4) is 11.5 Å². The van der Waals surface area contributed by atoms with E-state index in [0.29, 0.717) is 5.92 Å². The highest BCUT2D eigenvalue weighted by atomic mass is 16.5. The first kappa shape index (κ1) is 12.6. The number of nitrogens with zero attached hydrogens (tertiary/aromatic N) is 1. The van der Waals surface area contributed by atoms with E-state index in [1.54, 1.807) is 0 Å². The monoisotopic (exact) mass is 278 g/mol. The van der Waals surface area contributed by atoms with Crippen LogP contribution in [0.15, 0.2) is 53.5 Å². The molecule has 0 aliphatic carbocycles. The van der Waals surface area contributed by atoms with Gasteiger partial charge < -0.3 is 10.1 Å². The highest BCUT2D eigenvalue weighted by Crippen LogP contribution is 2.39. The van der Waals surface area contributed by atoms with Crippen LogP contribution in [-0.4, -0.2) is 18.8 Å². The molecule has 106 valence electrons. The molecular weight excluding hydrogens is 260 g/mol. The minimum Gasteiger partial charge on any atom is -0.454 e. The standard InChI is InChI=1S/C18H18N2O/c1-3-7-16-14(5-1)18(13-9-11-19-12-10-13)20-15-6-2-4-8-17(15)21-16/h1-8,13,19H,9-12H2. The van der Waals surface area contributed by atoms with Crippen molar-refractivity contribution < 1.29 is 4.74 Å². The number of nitrogens with one attached hydrogen (secondary N) is 1. The van der Waals surface area contributed by atoms with Crippen LogP contribution in [-0.2, 0) is 0 Å². The van der Waals surface area contributed by atoms with E-state index >= 15 is 0 Å². The Labute approximate surface area is 124 Å². The van der Waals surface area contributed by atoms with Gasteiger partial charge in [0.15, 0.2) is 5.75 Å². The summed E-state index contributed by atoms with van der Waals surface area (Å²) in [5.74, 6) is 2.26. The summed E-state index contributed by atoms with van der Waals surface area (Å²) in [7, 11) is 0. The SMILES string of the molecule is c1ccc2c(c1)N=C(C1CCNCC1)c1ccccc1O2. The normalized spacial score (nSPS) is 18.0. The Hall–Kier alpha value is -2.13. The van der Waals surface area contributed by atoms with Crippen molar-refractivity contribution in [3.63, 3.8) is 0 Å². The summed E-state index contributed by atoms with van der Waals surface area (Å²) < 4.78 is 6.09. The zero-order valence-corrected chi connectivity index (χ0v) is 11.9. The van der Waals surface area contributed by atoms with Crippen molar-refractivity contribution >= 4 is 11.4 Å². The third kappa shape index (κ3) is 2.34. The van der Waals surface area contributed by atoms with Crippen LogP contribution < -0.4 is 10.1 Å². The number of para-hydroxylation sites is 3. The zero-order chi connectivity index (χ0) is 14.1. The first-order valence-corrected chi connectivity index (χ1v) is 7.57. The molecule has 0 radical (unpaired) electrons. The molecule has 0 atom stereocenters. The molecule has 1 saturated heterocycles. The topological polar surface area (TPSA) is 33.6 Å². The van der Waals surface area contributed by atoms with Crippen LogP contribution in [0, 0.1) is 5.92 Å². The van der Waals surface area contributed by atoms with Crippen LogP contribution in [0.2, 0.25) is 0 Å².